The summed E-state index contributed by atoms with van der Waals surface area (Å²) in [6.45, 7) is 4.37. The molecule has 0 saturated carbocycles. The third-order valence-corrected chi connectivity index (χ3v) is 4.64. The number of aromatic nitrogens is 2. The number of ether oxygens (including phenoxy) is 1. The Morgan fingerprint density at radius 1 is 1.30 bits per heavy atom. The van der Waals surface area contributed by atoms with Crippen LogP contribution in [0.25, 0.3) is 5.69 Å². The molecule has 3 rings (SSSR count). The molecule has 23 heavy (non-hydrogen) atoms. The summed E-state index contributed by atoms with van der Waals surface area (Å²) in [5, 5.41) is 3.40. The SMILES string of the molecule is Cc1c(CNCC[C@H]2CCCO2)c(=O)n(-c2ccccc2)n1C. The zero-order valence-corrected chi connectivity index (χ0v) is 13.9. The molecule has 1 atom stereocenters. The van der Waals surface area contributed by atoms with Crippen molar-refractivity contribution >= 4 is 0 Å². The van der Waals surface area contributed by atoms with Crippen LogP contribution in [-0.2, 0) is 18.3 Å². The van der Waals surface area contributed by atoms with Crippen LogP contribution in [0.2, 0.25) is 0 Å². The van der Waals surface area contributed by atoms with Crippen molar-refractivity contribution in [1.29, 1.82) is 0 Å². The first-order valence-corrected chi connectivity index (χ1v) is 8.33. The fourth-order valence-corrected chi connectivity index (χ4v) is 3.18. The highest BCUT2D eigenvalue weighted by Gasteiger charge is 2.17. The van der Waals surface area contributed by atoms with Crippen molar-refractivity contribution in [3.63, 3.8) is 0 Å². The molecule has 0 radical (unpaired) electrons. The van der Waals surface area contributed by atoms with E-state index in [2.05, 4.69) is 5.32 Å². The highest BCUT2D eigenvalue weighted by molar-refractivity contribution is 5.33. The van der Waals surface area contributed by atoms with Crippen molar-refractivity contribution in [3.05, 3.63) is 51.9 Å². The van der Waals surface area contributed by atoms with E-state index < -0.39 is 0 Å². The molecule has 5 heteroatoms. The molecule has 1 saturated heterocycles. The number of rotatable bonds is 6. The van der Waals surface area contributed by atoms with Crippen LogP contribution in [0.4, 0.5) is 0 Å². The van der Waals surface area contributed by atoms with E-state index in [1.54, 1.807) is 4.68 Å². The van der Waals surface area contributed by atoms with Crippen LogP contribution in [0.1, 0.15) is 30.5 Å². The molecule has 1 N–H and O–H groups in total. The zero-order chi connectivity index (χ0) is 16.2. The highest BCUT2D eigenvalue weighted by Crippen LogP contribution is 2.14. The van der Waals surface area contributed by atoms with E-state index in [9.17, 15) is 4.79 Å². The van der Waals surface area contributed by atoms with Gasteiger partial charge in [-0.25, -0.2) is 4.68 Å². The summed E-state index contributed by atoms with van der Waals surface area (Å²) in [4.78, 5) is 12.7. The Morgan fingerprint density at radius 3 is 2.78 bits per heavy atom. The Balaban J connectivity index is 1.69. The zero-order valence-electron chi connectivity index (χ0n) is 13.9. The highest BCUT2D eigenvalue weighted by atomic mass is 16.5. The number of hydrogen-bond donors (Lipinski definition) is 1. The molecule has 0 spiro atoms. The number of para-hydroxylation sites is 1. The van der Waals surface area contributed by atoms with Crippen LogP contribution < -0.4 is 10.9 Å². The van der Waals surface area contributed by atoms with Gasteiger partial charge in [-0.15, -0.1) is 0 Å². The monoisotopic (exact) mass is 315 g/mol. The van der Waals surface area contributed by atoms with Gasteiger partial charge in [-0.3, -0.25) is 9.48 Å². The Kier molecular flexibility index (Phi) is 4.98. The minimum Gasteiger partial charge on any atom is -0.378 e. The van der Waals surface area contributed by atoms with Gasteiger partial charge in [-0.05, 0) is 44.9 Å². The Labute approximate surface area is 136 Å². The molecule has 2 aromatic rings. The standard InChI is InChI=1S/C18H25N3O2/c1-14-17(13-19-11-10-16-9-6-12-23-16)18(22)21(20(14)2)15-7-4-3-5-8-15/h3-5,7-8,16,19H,6,9-13H2,1-2H3/t16-/m1/s1. The topological polar surface area (TPSA) is 48.2 Å². The van der Waals surface area contributed by atoms with Gasteiger partial charge < -0.3 is 10.1 Å². The van der Waals surface area contributed by atoms with Crippen LogP contribution in [0.15, 0.2) is 35.1 Å². The van der Waals surface area contributed by atoms with Crippen LogP contribution in [0, 0.1) is 6.92 Å². The van der Waals surface area contributed by atoms with Gasteiger partial charge in [0.1, 0.15) is 0 Å². The summed E-state index contributed by atoms with van der Waals surface area (Å²) >= 11 is 0. The second-order valence-electron chi connectivity index (χ2n) is 6.14. The largest absolute Gasteiger partial charge is 0.378 e. The first-order valence-electron chi connectivity index (χ1n) is 8.33. The first-order chi connectivity index (χ1) is 11.2. The Bertz CT molecular complexity index is 697. The molecule has 0 amide bonds. The van der Waals surface area contributed by atoms with Crippen molar-refractivity contribution in [1.82, 2.24) is 14.7 Å². The molecule has 124 valence electrons. The summed E-state index contributed by atoms with van der Waals surface area (Å²) in [7, 11) is 1.93. The van der Waals surface area contributed by atoms with Crippen LogP contribution in [0.5, 0.6) is 0 Å². The molecular weight excluding hydrogens is 290 g/mol. The van der Waals surface area contributed by atoms with Gasteiger partial charge >= 0.3 is 0 Å². The average Bonchev–Trinajstić information content (AvgIpc) is 3.15. The average molecular weight is 315 g/mol. The van der Waals surface area contributed by atoms with Crippen molar-refractivity contribution in [2.24, 2.45) is 7.05 Å². The van der Waals surface area contributed by atoms with Gasteiger partial charge in [0.05, 0.1) is 17.4 Å². The quantitative estimate of drug-likeness (QED) is 0.831. The fraction of sp³-hybridized carbons (Fsp3) is 0.500. The van der Waals surface area contributed by atoms with Gasteiger partial charge in [-0.2, -0.15) is 0 Å². The van der Waals surface area contributed by atoms with Crippen molar-refractivity contribution in [2.45, 2.75) is 38.8 Å². The number of hydrogen-bond acceptors (Lipinski definition) is 3. The lowest BCUT2D eigenvalue weighted by molar-refractivity contribution is 0.104. The lowest BCUT2D eigenvalue weighted by Gasteiger charge is -2.09. The summed E-state index contributed by atoms with van der Waals surface area (Å²) in [5.41, 5.74) is 2.79. The van der Waals surface area contributed by atoms with E-state index in [1.807, 2.05) is 49.0 Å². The Hall–Kier alpha value is -1.85. The second kappa shape index (κ2) is 7.15. The third kappa shape index (κ3) is 3.41. The molecule has 0 aliphatic carbocycles. The molecule has 1 aliphatic heterocycles. The van der Waals surface area contributed by atoms with E-state index in [-0.39, 0.29) is 5.56 Å². The van der Waals surface area contributed by atoms with Gasteiger partial charge in [0, 0.05) is 25.9 Å². The molecule has 0 unspecified atom stereocenters. The van der Waals surface area contributed by atoms with Crippen molar-refractivity contribution in [3.8, 4) is 5.69 Å². The van der Waals surface area contributed by atoms with Crippen molar-refractivity contribution in [2.75, 3.05) is 13.2 Å². The molecule has 1 fully saturated rings. The van der Waals surface area contributed by atoms with Gasteiger partial charge in [0.25, 0.3) is 5.56 Å². The van der Waals surface area contributed by atoms with Gasteiger partial charge in [-0.1, -0.05) is 18.2 Å². The molecule has 2 heterocycles. The molecule has 1 aromatic heterocycles. The van der Waals surface area contributed by atoms with Gasteiger partial charge in [0.15, 0.2) is 0 Å². The predicted molar refractivity (Wildman–Crippen MR) is 91.0 cm³/mol. The molecule has 1 aromatic carbocycles. The maximum atomic E-state index is 12.7. The van der Waals surface area contributed by atoms with Crippen LogP contribution in [-0.4, -0.2) is 28.6 Å². The van der Waals surface area contributed by atoms with Gasteiger partial charge in [0.2, 0.25) is 0 Å². The van der Waals surface area contributed by atoms with E-state index in [1.165, 1.54) is 6.42 Å². The third-order valence-electron chi connectivity index (χ3n) is 4.64. The lowest BCUT2D eigenvalue weighted by atomic mass is 10.2. The summed E-state index contributed by atoms with van der Waals surface area (Å²) in [6.07, 6.45) is 3.73. The lowest BCUT2D eigenvalue weighted by Crippen LogP contribution is -2.25. The van der Waals surface area contributed by atoms with Crippen LogP contribution in [0.3, 0.4) is 0 Å². The summed E-state index contributed by atoms with van der Waals surface area (Å²) < 4.78 is 9.28. The maximum absolute atomic E-state index is 12.7. The fourth-order valence-electron chi connectivity index (χ4n) is 3.18. The summed E-state index contributed by atoms with van der Waals surface area (Å²) in [5.74, 6) is 0. The minimum absolute atomic E-state index is 0.0563. The molecule has 0 bridgehead atoms. The molecule has 5 nitrogen and oxygen atoms in total. The smallest absolute Gasteiger partial charge is 0.276 e. The normalized spacial score (nSPS) is 17.7. The number of nitrogens with zero attached hydrogens (tertiary/aromatic N) is 2. The van der Waals surface area contributed by atoms with E-state index in [0.717, 1.165) is 42.9 Å². The number of benzene rings is 1. The molecule has 1 aliphatic rings. The Morgan fingerprint density at radius 2 is 2.09 bits per heavy atom. The van der Waals surface area contributed by atoms with E-state index in [4.69, 9.17) is 4.74 Å². The summed E-state index contributed by atoms with van der Waals surface area (Å²) in [6, 6.07) is 9.76. The number of nitrogens with one attached hydrogen (secondary N) is 1. The van der Waals surface area contributed by atoms with Crippen molar-refractivity contribution < 1.29 is 4.74 Å². The van der Waals surface area contributed by atoms with Crippen LogP contribution >= 0.6 is 0 Å². The maximum Gasteiger partial charge on any atom is 0.276 e. The first kappa shape index (κ1) is 16.0. The van der Waals surface area contributed by atoms with E-state index >= 15 is 0 Å². The molecular formula is C18H25N3O2. The van der Waals surface area contributed by atoms with E-state index in [0.29, 0.717) is 12.6 Å². The minimum atomic E-state index is 0.0563. The predicted octanol–water partition coefficient (Wildman–Crippen LogP) is 2.14. The second-order valence-corrected chi connectivity index (χ2v) is 6.14.